The lowest BCUT2D eigenvalue weighted by Gasteiger charge is -2.71. The number of carboxylic acid groups (broad SMARTS) is 2. The van der Waals surface area contributed by atoms with Crippen molar-refractivity contribution in [2.24, 2.45) is 50.2 Å². The van der Waals surface area contributed by atoms with Gasteiger partial charge in [-0.25, -0.2) is 4.79 Å². The van der Waals surface area contributed by atoms with Crippen LogP contribution >= 0.6 is 0 Å². The standard InChI is InChI=1S/C54H86O24/c1-22-30(58)33(61)36(64)44(71-22)77-41-35(63)32(60)26(20-56)73-46(41)75-39-38(66)40(43(67)68)76-47(42(39)78-45-37(65)34(62)31(59)25(19-55)72-45)74-29-11-12-50(4)27(51(29,5)21-57)10-13-53(7)28(50)9-8-23-24-18-49(2,3)14-16-54(24,48(69)70)17-15-52(23,53)6/h8,22,24-42,44-47,55-66H,9-21H2,1-7H3,(H,67,68)(H,69,70)/t22-,24+,25-,26-,27-,28-,29+,30-,31?,32+,33+,34?,35+,36+,37?,38+,39+,40+,41-,42-,44-,45?,46+,47-,50+,51+,52-,53-,54+/m1/s1. The number of aliphatic hydroxyl groups excluding tert-OH is 12. The number of aliphatic carboxylic acids is 2. The molecule has 0 aromatic carbocycles. The molecule has 0 aromatic heterocycles. The van der Waals surface area contributed by atoms with Crippen LogP contribution < -0.4 is 0 Å². The number of carbonyl (C=O) groups is 2. The number of aliphatic hydroxyl groups is 12. The van der Waals surface area contributed by atoms with Crippen LogP contribution in [-0.2, 0) is 47.5 Å². The van der Waals surface area contributed by atoms with Crippen LogP contribution in [0.5, 0.6) is 0 Å². The van der Waals surface area contributed by atoms with Gasteiger partial charge in [0.1, 0.15) is 85.5 Å². The third kappa shape index (κ3) is 9.63. The van der Waals surface area contributed by atoms with Gasteiger partial charge in [0.25, 0.3) is 0 Å². The molecule has 9 aliphatic rings. The highest BCUT2D eigenvalue weighted by Gasteiger charge is 2.71. The van der Waals surface area contributed by atoms with Crippen molar-refractivity contribution < 1.29 is 119 Å². The van der Waals surface area contributed by atoms with Gasteiger partial charge in [-0.15, -0.1) is 0 Å². The molecule has 0 spiro atoms. The minimum atomic E-state index is -2.28. The Morgan fingerprint density at radius 3 is 1.76 bits per heavy atom. The summed E-state index contributed by atoms with van der Waals surface area (Å²) in [6, 6.07) is 0. The molecule has 446 valence electrons. The molecule has 4 saturated carbocycles. The molecule has 14 N–H and O–H groups in total. The largest absolute Gasteiger partial charge is 0.481 e. The van der Waals surface area contributed by atoms with E-state index in [1.165, 1.54) is 12.5 Å². The van der Waals surface area contributed by atoms with Gasteiger partial charge in [0.05, 0.1) is 37.4 Å². The van der Waals surface area contributed by atoms with Gasteiger partial charge in [0.2, 0.25) is 0 Å². The van der Waals surface area contributed by atoms with Gasteiger partial charge in [-0.2, -0.15) is 0 Å². The van der Waals surface area contributed by atoms with Crippen LogP contribution in [0.4, 0.5) is 0 Å². The molecular formula is C54H86O24. The van der Waals surface area contributed by atoms with E-state index in [4.69, 9.17) is 37.9 Å². The Morgan fingerprint density at radius 1 is 0.577 bits per heavy atom. The van der Waals surface area contributed by atoms with E-state index in [1.54, 1.807) is 0 Å². The van der Waals surface area contributed by atoms with E-state index in [2.05, 4.69) is 40.7 Å². The van der Waals surface area contributed by atoms with E-state index in [-0.39, 0.29) is 40.4 Å². The average molecular weight is 1120 g/mol. The first kappa shape index (κ1) is 60.5. The Kier molecular flexibility index (Phi) is 16.9. The van der Waals surface area contributed by atoms with Gasteiger partial charge in [-0.05, 0) is 111 Å². The number of allylic oxidation sites excluding steroid dienone is 2. The molecule has 0 radical (unpaired) electrons. The molecule has 4 aliphatic heterocycles. The van der Waals surface area contributed by atoms with Crippen molar-refractivity contribution in [2.45, 2.75) is 242 Å². The summed E-state index contributed by atoms with van der Waals surface area (Å²) in [6.07, 6.45) is -30.2. The van der Waals surface area contributed by atoms with Crippen molar-refractivity contribution in [1.29, 1.82) is 0 Å². The zero-order valence-electron chi connectivity index (χ0n) is 45.5. The van der Waals surface area contributed by atoms with Gasteiger partial charge >= 0.3 is 11.9 Å². The van der Waals surface area contributed by atoms with Crippen LogP contribution in [0, 0.1) is 50.2 Å². The molecule has 8 fully saturated rings. The number of rotatable bonds is 13. The fourth-order valence-corrected chi connectivity index (χ4v) is 16.5. The molecule has 4 unspecified atom stereocenters. The zero-order valence-corrected chi connectivity index (χ0v) is 45.5. The predicted octanol–water partition coefficient (Wildman–Crippen LogP) is -1.38. The summed E-state index contributed by atoms with van der Waals surface area (Å²) in [5.74, 6) is -2.73. The molecule has 0 bridgehead atoms. The Balaban J connectivity index is 1.06. The van der Waals surface area contributed by atoms with E-state index in [0.717, 1.165) is 25.7 Å². The van der Waals surface area contributed by atoms with Gasteiger partial charge in [0, 0.05) is 5.41 Å². The first-order valence-corrected chi connectivity index (χ1v) is 27.8. The van der Waals surface area contributed by atoms with Crippen molar-refractivity contribution in [2.75, 3.05) is 19.8 Å². The van der Waals surface area contributed by atoms with Gasteiger partial charge in [0.15, 0.2) is 31.3 Å². The lowest BCUT2D eigenvalue weighted by molar-refractivity contribution is -0.407. The quantitative estimate of drug-likeness (QED) is 0.0747. The summed E-state index contributed by atoms with van der Waals surface area (Å²) in [5, 5.41) is 153. The number of hydrogen-bond acceptors (Lipinski definition) is 22. The molecule has 78 heavy (non-hydrogen) atoms. The molecule has 0 aromatic rings. The Morgan fingerprint density at radius 2 is 1.14 bits per heavy atom. The molecule has 5 aliphatic carbocycles. The fourth-order valence-electron chi connectivity index (χ4n) is 16.5. The number of carboxylic acids is 2. The van der Waals surface area contributed by atoms with Crippen LogP contribution in [0.25, 0.3) is 0 Å². The summed E-state index contributed by atoms with van der Waals surface area (Å²) in [6.45, 7) is 12.4. The SMILES string of the molecule is C[C@H]1O[C@H](O[C@H]2[C@H](O[C@H]3[C@H](O)[C@@H](C(=O)O)O[C@@H](O[C@H]4CC[C@@]5(C)[C@@H](CC[C@]6(C)[C@@H]5CC=C5[C@@H]7CC(C)(C)CC[C@]7(C(=O)O)CC[C@]56C)[C@]4(C)CO)[C@@H]3OC3O[C@H](CO)C(O)C(O)C3O)O[C@H](CO)[C@H](O)[C@@H]2O)[C@@H](O)[C@@H](O)[C@@H]1O. The molecule has 24 heteroatoms. The smallest absolute Gasteiger partial charge is 0.335 e. The van der Waals surface area contributed by atoms with Crippen LogP contribution in [0.1, 0.15) is 113 Å². The monoisotopic (exact) mass is 1120 g/mol. The van der Waals surface area contributed by atoms with Crippen molar-refractivity contribution in [3.8, 4) is 0 Å². The second kappa shape index (κ2) is 21.8. The third-order valence-corrected chi connectivity index (χ3v) is 21.6. The van der Waals surface area contributed by atoms with E-state index in [0.29, 0.717) is 32.1 Å². The van der Waals surface area contributed by atoms with Crippen LogP contribution in [0.15, 0.2) is 11.6 Å². The lowest BCUT2D eigenvalue weighted by Crippen LogP contribution is -2.69. The van der Waals surface area contributed by atoms with Crippen LogP contribution in [-0.4, -0.2) is 232 Å². The molecule has 24 nitrogen and oxygen atoms in total. The molecular weight excluding hydrogens is 1030 g/mol. The highest BCUT2D eigenvalue weighted by molar-refractivity contribution is 5.76. The third-order valence-electron chi connectivity index (χ3n) is 21.6. The lowest BCUT2D eigenvalue weighted by atomic mass is 9.33. The topological polar surface area (TPSA) is 391 Å². The van der Waals surface area contributed by atoms with Crippen molar-refractivity contribution in [3.63, 3.8) is 0 Å². The molecule has 4 heterocycles. The Labute approximate surface area is 453 Å². The summed E-state index contributed by atoms with van der Waals surface area (Å²) < 4.78 is 48.8. The average Bonchev–Trinajstić information content (AvgIpc) is 3.58. The highest BCUT2D eigenvalue weighted by atomic mass is 16.8. The van der Waals surface area contributed by atoms with E-state index < -0.39 is 177 Å². The maximum Gasteiger partial charge on any atom is 0.335 e. The second-order valence-electron chi connectivity index (χ2n) is 26.1. The first-order chi connectivity index (χ1) is 36.5. The van der Waals surface area contributed by atoms with Crippen molar-refractivity contribution in [3.05, 3.63) is 11.6 Å². The maximum absolute atomic E-state index is 13.3. The molecule has 9 rings (SSSR count). The van der Waals surface area contributed by atoms with E-state index >= 15 is 0 Å². The Bertz CT molecular complexity index is 2200. The molecule has 29 atom stereocenters. The van der Waals surface area contributed by atoms with Crippen molar-refractivity contribution in [1.82, 2.24) is 0 Å². The summed E-state index contributed by atoms with van der Waals surface area (Å²) in [5.41, 5.74) is -1.73. The van der Waals surface area contributed by atoms with Crippen molar-refractivity contribution >= 4 is 11.9 Å². The fraction of sp³-hybridized carbons (Fsp3) is 0.926. The number of hydrogen-bond donors (Lipinski definition) is 14. The Hall–Kier alpha value is -2.12. The first-order valence-electron chi connectivity index (χ1n) is 27.8. The summed E-state index contributed by atoms with van der Waals surface area (Å²) in [4.78, 5) is 26.4. The van der Waals surface area contributed by atoms with Crippen LogP contribution in [0.2, 0.25) is 0 Å². The van der Waals surface area contributed by atoms with Gasteiger partial charge in [-0.1, -0.05) is 53.2 Å². The van der Waals surface area contributed by atoms with E-state index in [9.17, 15) is 81.1 Å². The normalized spacial score (nSPS) is 54.1. The zero-order chi connectivity index (χ0) is 57.1. The number of ether oxygens (including phenoxy) is 8. The number of fused-ring (bicyclic) bond motifs is 7. The van der Waals surface area contributed by atoms with E-state index in [1.807, 2.05) is 6.92 Å². The van der Waals surface area contributed by atoms with Crippen LogP contribution in [0.3, 0.4) is 0 Å². The minimum absolute atomic E-state index is 0.0265. The highest BCUT2D eigenvalue weighted by Crippen LogP contribution is 2.76. The second-order valence-corrected chi connectivity index (χ2v) is 26.1. The molecule has 4 saturated heterocycles. The van der Waals surface area contributed by atoms with Gasteiger partial charge < -0.3 is 109 Å². The predicted molar refractivity (Wildman–Crippen MR) is 264 cm³/mol. The minimum Gasteiger partial charge on any atom is -0.481 e. The summed E-state index contributed by atoms with van der Waals surface area (Å²) in [7, 11) is 0. The van der Waals surface area contributed by atoms with Gasteiger partial charge in [-0.3, -0.25) is 4.79 Å². The molecule has 0 amide bonds. The maximum atomic E-state index is 13.3. The summed E-state index contributed by atoms with van der Waals surface area (Å²) >= 11 is 0.